The van der Waals surface area contributed by atoms with Crippen molar-refractivity contribution < 1.29 is 19.4 Å². The van der Waals surface area contributed by atoms with Crippen LogP contribution in [0.5, 0.6) is 0 Å². The molecule has 0 aromatic heterocycles. The Kier molecular flexibility index (Phi) is 2.73. The third kappa shape index (κ3) is 2.08. The lowest BCUT2D eigenvalue weighted by atomic mass is 10.1. The zero-order chi connectivity index (χ0) is 10.1. The lowest BCUT2D eigenvalue weighted by Crippen LogP contribution is -2.50. The van der Waals surface area contributed by atoms with Crippen LogP contribution in [-0.4, -0.2) is 29.1 Å². The molecule has 1 saturated heterocycles. The molecule has 0 aliphatic carbocycles. The first-order valence-electron chi connectivity index (χ1n) is 4.19. The molecular formula is C9H14O4. The first-order valence-corrected chi connectivity index (χ1v) is 4.19. The van der Waals surface area contributed by atoms with Gasteiger partial charge in [-0.25, -0.2) is 4.79 Å². The highest BCUT2D eigenvalue weighted by molar-refractivity contribution is 5.75. The zero-order valence-electron chi connectivity index (χ0n) is 7.82. The van der Waals surface area contributed by atoms with Crippen molar-refractivity contribution in [1.29, 1.82) is 0 Å². The second-order valence-corrected chi connectivity index (χ2v) is 3.31. The van der Waals surface area contributed by atoms with Gasteiger partial charge in [0, 0.05) is 13.3 Å². The molecule has 0 bridgehead atoms. The summed E-state index contributed by atoms with van der Waals surface area (Å²) in [5, 5.41) is 8.84. The Bertz CT molecular complexity index is 226. The molecule has 1 rings (SSSR count). The number of carboxylic acid groups (broad SMARTS) is 1. The molecule has 1 aliphatic rings. The Morgan fingerprint density at radius 1 is 1.69 bits per heavy atom. The topological polar surface area (TPSA) is 55.8 Å². The molecule has 3 atom stereocenters. The maximum Gasteiger partial charge on any atom is 0.364 e. The summed E-state index contributed by atoms with van der Waals surface area (Å²) in [4.78, 5) is 10.8. The molecular weight excluding hydrogens is 172 g/mol. The maximum atomic E-state index is 10.8. The minimum atomic E-state index is -1.53. The van der Waals surface area contributed by atoms with Gasteiger partial charge >= 0.3 is 5.97 Å². The molecule has 1 fully saturated rings. The molecule has 0 saturated carbocycles. The number of carboxylic acids is 1. The van der Waals surface area contributed by atoms with Crippen molar-refractivity contribution in [3.8, 4) is 0 Å². The van der Waals surface area contributed by atoms with E-state index in [0.29, 0.717) is 6.42 Å². The normalized spacial score (nSPS) is 39.8. The number of rotatable bonds is 2. The fourth-order valence-corrected chi connectivity index (χ4v) is 1.37. The number of hydrogen-bond donors (Lipinski definition) is 1. The second kappa shape index (κ2) is 3.47. The van der Waals surface area contributed by atoms with Crippen LogP contribution >= 0.6 is 0 Å². The van der Waals surface area contributed by atoms with E-state index in [1.54, 1.807) is 6.08 Å². The summed E-state index contributed by atoms with van der Waals surface area (Å²) in [6.45, 7) is 6.79. The second-order valence-electron chi connectivity index (χ2n) is 3.31. The van der Waals surface area contributed by atoms with Gasteiger partial charge in [-0.2, -0.15) is 0 Å². The van der Waals surface area contributed by atoms with Gasteiger partial charge in [-0.05, 0) is 6.92 Å². The molecule has 1 heterocycles. The third-order valence-electron chi connectivity index (χ3n) is 2.02. The van der Waals surface area contributed by atoms with E-state index in [1.807, 2.05) is 6.92 Å². The van der Waals surface area contributed by atoms with Crippen molar-refractivity contribution in [2.45, 2.75) is 38.3 Å². The molecule has 0 aromatic carbocycles. The maximum absolute atomic E-state index is 10.8. The number of aliphatic carboxylic acids is 1. The van der Waals surface area contributed by atoms with Gasteiger partial charge in [0.1, 0.15) is 0 Å². The third-order valence-corrected chi connectivity index (χ3v) is 2.02. The van der Waals surface area contributed by atoms with E-state index < -0.39 is 11.8 Å². The van der Waals surface area contributed by atoms with E-state index in [-0.39, 0.29) is 12.2 Å². The molecule has 74 valence electrons. The van der Waals surface area contributed by atoms with Crippen molar-refractivity contribution in [2.75, 3.05) is 0 Å². The van der Waals surface area contributed by atoms with Crippen molar-refractivity contribution in [3.05, 3.63) is 12.7 Å². The molecule has 4 nitrogen and oxygen atoms in total. The van der Waals surface area contributed by atoms with Crippen molar-refractivity contribution in [2.24, 2.45) is 0 Å². The summed E-state index contributed by atoms with van der Waals surface area (Å²) in [5.41, 5.74) is 0. The van der Waals surface area contributed by atoms with Crippen molar-refractivity contribution >= 4 is 5.97 Å². The molecule has 0 aromatic rings. The number of hydrogen-bond acceptors (Lipinski definition) is 3. The Morgan fingerprint density at radius 3 is 2.77 bits per heavy atom. The Balaban J connectivity index is 2.77. The summed E-state index contributed by atoms with van der Waals surface area (Å²) in [5.74, 6) is -2.64. The van der Waals surface area contributed by atoms with Gasteiger partial charge in [0.15, 0.2) is 0 Å². The van der Waals surface area contributed by atoms with Crippen LogP contribution in [0, 0.1) is 0 Å². The summed E-state index contributed by atoms with van der Waals surface area (Å²) in [7, 11) is 0. The highest BCUT2D eigenvalue weighted by atomic mass is 16.7. The van der Waals surface area contributed by atoms with Crippen LogP contribution in [0.1, 0.15) is 20.3 Å². The van der Waals surface area contributed by atoms with E-state index >= 15 is 0 Å². The molecule has 4 heteroatoms. The van der Waals surface area contributed by atoms with E-state index in [4.69, 9.17) is 14.6 Å². The molecule has 13 heavy (non-hydrogen) atoms. The van der Waals surface area contributed by atoms with Crippen LogP contribution in [0.4, 0.5) is 0 Å². The van der Waals surface area contributed by atoms with Gasteiger partial charge < -0.3 is 14.6 Å². The fourth-order valence-electron chi connectivity index (χ4n) is 1.37. The van der Waals surface area contributed by atoms with E-state index in [0.717, 1.165) is 0 Å². The van der Waals surface area contributed by atoms with Crippen LogP contribution in [0.2, 0.25) is 0 Å². The van der Waals surface area contributed by atoms with Gasteiger partial charge in [0.05, 0.1) is 12.2 Å². The van der Waals surface area contributed by atoms with E-state index in [2.05, 4.69) is 6.58 Å². The first-order chi connectivity index (χ1) is 5.98. The molecule has 0 spiro atoms. The van der Waals surface area contributed by atoms with Crippen LogP contribution in [-0.2, 0) is 14.3 Å². The summed E-state index contributed by atoms with van der Waals surface area (Å²) < 4.78 is 10.4. The van der Waals surface area contributed by atoms with Gasteiger partial charge in [0.2, 0.25) is 0 Å². The average Bonchev–Trinajstić information content (AvgIpc) is 2.02. The predicted molar refractivity (Wildman–Crippen MR) is 46.3 cm³/mol. The van der Waals surface area contributed by atoms with Gasteiger partial charge in [-0.15, -0.1) is 6.58 Å². The zero-order valence-corrected chi connectivity index (χ0v) is 7.82. The molecule has 3 unspecified atom stereocenters. The highest BCUT2D eigenvalue weighted by Gasteiger charge is 2.43. The smallest absolute Gasteiger partial charge is 0.364 e. The molecule has 1 N–H and O–H groups in total. The lowest BCUT2D eigenvalue weighted by molar-refractivity contribution is -0.290. The van der Waals surface area contributed by atoms with Crippen molar-refractivity contribution in [1.82, 2.24) is 0 Å². The van der Waals surface area contributed by atoms with Crippen LogP contribution < -0.4 is 0 Å². The van der Waals surface area contributed by atoms with E-state index in [1.165, 1.54) is 6.92 Å². The lowest BCUT2D eigenvalue weighted by Gasteiger charge is -2.37. The standard InChI is InChI=1S/C9H14O4/c1-4-7-5-6(2)12-9(3,13-7)8(10)11/h4,6-7H,1,5H2,2-3H3,(H,10,11). The van der Waals surface area contributed by atoms with Crippen molar-refractivity contribution in [3.63, 3.8) is 0 Å². The quantitative estimate of drug-likeness (QED) is 0.657. The summed E-state index contributed by atoms with van der Waals surface area (Å²) >= 11 is 0. The minimum Gasteiger partial charge on any atom is -0.477 e. The van der Waals surface area contributed by atoms with Gasteiger partial charge in [-0.1, -0.05) is 6.08 Å². The van der Waals surface area contributed by atoms with Gasteiger partial charge in [0.25, 0.3) is 5.79 Å². The van der Waals surface area contributed by atoms with E-state index in [9.17, 15) is 4.79 Å². The predicted octanol–water partition coefficient (Wildman–Crippen LogP) is 1.17. The Labute approximate surface area is 77.1 Å². The monoisotopic (exact) mass is 186 g/mol. The molecule has 1 aliphatic heterocycles. The Hall–Kier alpha value is -0.870. The Morgan fingerprint density at radius 2 is 2.31 bits per heavy atom. The highest BCUT2D eigenvalue weighted by Crippen LogP contribution is 2.27. The SMILES string of the molecule is C=CC1CC(C)OC(C)(C(=O)O)O1. The summed E-state index contributed by atoms with van der Waals surface area (Å²) in [6, 6.07) is 0. The van der Waals surface area contributed by atoms with Crippen LogP contribution in [0.15, 0.2) is 12.7 Å². The number of ether oxygens (including phenoxy) is 2. The van der Waals surface area contributed by atoms with Crippen LogP contribution in [0.25, 0.3) is 0 Å². The average molecular weight is 186 g/mol. The number of carbonyl (C=O) groups is 1. The largest absolute Gasteiger partial charge is 0.477 e. The summed E-state index contributed by atoms with van der Waals surface area (Å²) in [6.07, 6.45) is 1.87. The van der Waals surface area contributed by atoms with Crippen LogP contribution in [0.3, 0.4) is 0 Å². The van der Waals surface area contributed by atoms with Gasteiger partial charge in [-0.3, -0.25) is 0 Å². The molecule has 0 radical (unpaired) electrons. The molecule has 0 amide bonds. The first kappa shape index (κ1) is 10.2. The minimum absolute atomic E-state index is 0.127. The fraction of sp³-hybridized carbons (Fsp3) is 0.667.